The lowest BCUT2D eigenvalue weighted by Crippen LogP contribution is -2.36. The number of aromatic nitrogens is 2. The van der Waals surface area contributed by atoms with E-state index >= 15 is 0 Å². The molecule has 4 aliphatic rings. The zero-order chi connectivity index (χ0) is 41.4. The molecular weight excluding hydrogens is 788 g/mol. The lowest BCUT2D eigenvalue weighted by Gasteiger charge is -2.36. The number of H-pyrrole nitrogens is 1. The van der Waals surface area contributed by atoms with Crippen LogP contribution in [0.25, 0.3) is 16.6 Å². The van der Waals surface area contributed by atoms with Crippen LogP contribution in [0.1, 0.15) is 96.8 Å². The Kier molecular flexibility index (Phi) is 11.1. The number of anilines is 1. The number of carbonyl (C=O) groups is 1. The topological polar surface area (TPSA) is 169 Å². The number of sulfonamides is 1. The van der Waals surface area contributed by atoms with Crippen molar-refractivity contribution in [1.82, 2.24) is 19.6 Å². The number of aromatic amines is 1. The van der Waals surface area contributed by atoms with Crippen molar-refractivity contribution >= 4 is 43.9 Å². The molecule has 1 amide bonds. The number of ether oxygens (including phenoxy) is 2. The molecule has 5 aromatic rings. The minimum atomic E-state index is -4.56. The number of rotatable bonds is 13. The minimum Gasteiger partial charge on any atom is -0.455 e. The molecule has 2 atom stereocenters. The summed E-state index contributed by atoms with van der Waals surface area (Å²) < 4.78 is 55.4. The van der Waals surface area contributed by atoms with E-state index in [0.717, 1.165) is 86.9 Å². The van der Waals surface area contributed by atoms with Gasteiger partial charge < -0.3 is 19.8 Å². The van der Waals surface area contributed by atoms with E-state index in [2.05, 4.69) is 31.0 Å². The van der Waals surface area contributed by atoms with Crippen molar-refractivity contribution < 1.29 is 32.0 Å². The maximum atomic E-state index is 14.3. The summed E-state index contributed by atoms with van der Waals surface area (Å²) in [5.74, 6) is 0.0762. The third kappa shape index (κ3) is 8.51. The molecule has 4 heterocycles. The first kappa shape index (κ1) is 39.8. The molecule has 3 N–H and O–H groups in total. The van der Waals surface area contributed by atoms with Crippen molar-refractivity contribution in [2.75, 3.05) is 31.6 Å². The molecule has 2 saturated heterocycles. The Labute approximate surface area is 347 Å². The first-order valence-corrected chi connectivity index (χ1v) is 22.2. The van der Waals surface area contributed by atoms with Crippen LogP contribution in [-0.2, 0) is 14.8 Å². The normalized spacial score (nSPS) is 20.2. The lowest BCUT2D eigenvalue weighted by atomic mass is 9.88. The third-order valence-corrected chi connectivity index (χ3v) is 13.7. The Balaban J connectivity index is 0.955. The Hall–Kier alpha value is -5.64. The fraction of sp³-hybridized carbons (Fsp3) is 0.378. The summed E-state index contributed by atoms with van der Waals surface area (Å²) in [6, 6.07) is 18.2. The van der Waals surface area contributed by atoms with Gasteiger partial charge in [-0.2, -0.15) is 0 Å². The Bertz CT molecular complexity index is 2590. The van der Waals surface area contributed by atoms with E-state index in [1.165, 1.54) is 29.5 Å². The highest BCUT2D eigenvalue weighted by Crippen LogP contribution is 2.47. The Morgan fingerprint density at radius 2 is 1.85 bits per heavy atom. The van der Waals surface area contributed by atoms with E-state index in [4.69, 9.17) is 9.47 Å². The van der Waals surface area contributed by atoms with E-state index < -0.39 is 31.4 Å². The molecule has 60 heavy (non-hydrogen) atoms. The quantitative estimate of drug-likeness (QED) is 0.0769. The van der Waals surface area contributed by atoms with Gasteiger partial charge in [0.2, 0.25) is 0 Å². The second kappa shape index (κ2) is 16.8. The molecular formula is C45H47FN6O7S. The molecule has 3 fully saturated rings. The number of hydrogen-bond donors (Lipinski definition) is 3. The van der Waals surface area contributed by atoms with Gasteiger partial charge in [-0.1, -0.05) is 18.2 Å². The van der Waals surface area contributed by atoms with Gasteiger partial charge in [0.1, 0.15) is 28.7 Å². The zero-order valence-corrected chi connectivity index (χ0v) is 33.9. The molecule has 0 bridgehead atoms. The molecule has 0 radical (unpaired) electrons. The van der Waals surface area contributed by atoms with E-state index in [-0.39, 0.29) is 34.8 Å². The highest BCUT2D eigenvalue weighted by Gasteiger charge is 2.37. The lowest BCUT2D eigenvalue weighted by molar-refractivity contribution is -0.384. The van der Waals surface area contributed by atoms with Crippen molar-refractivity contribution in [1.29, 1.82) is 0 Å². The summed E-state index contributed by atoms with van der Waals surface area (Å²) in [5.41, 5.74) is 4.75. The van der Waals surface area contributed by atoms with E-state index in [1.807, 2.05) is 12.1 Å². The van der Waals surface area contributed by atoms with E-state index in [9.17, 15) is 27.7 Å². The van der Waals surface area contributed by atoms with Crippen molar-refractivity contribution in [2.24, 2.45) is 5.92 Å². The van der Waals surface area contributed by atoms with E-state index in [1.54, 1.807) is 42.6 Å². The fourth-order valence-electron chi connectivity index (χ4n) is 9.06. The summed E-state index contributed by atoms with van der Waals surface area (Å²) in [7, 11) is -4.56. The number of allylic oxidation sites excluding steroid dienone is 1. The summed E-state index contributed by atoms with van der Waals surface area (Å²) in [4.78, 5) is 35.0. The van der Waals surface area contributed by atoms with Gasteiger partial charge in [0.25, 0.3) is 21.6 Å². The number of nitro groups is 1. The molecule has 312 valence electrons. The first-order valence-electron chi connectivity index (χ1n) is 20.8. The molecule has 2 unspecified atom stereocenters. The summed E-state index contributed by atoms with van der Waals surface area (Å²) >= 11 is 0. The van der Waals surface area contributed by atoms with Gasteiger partial charge in [-0.25, -0.2) is 22.5 Å². The summed E-state index contributed by atoms with van der Waals surface area (Å²) in [6.45, 7) is 2.72. The van der Waals surface area contributed by atoms with Crippen LogP contribution in [0, 0.1) is 21.8 Å². The average molecular weight is 835 g/mol. The van der Waals surface area contributed by atoms with Gasteiger partial charge >= 0.3 is 0 Å². The predicted octanol–water partition coefficient (Wildman–Crippen LogP) is 9.01. The SMILES string of the molecule is O=C(NS(=O)(=O)c1ccc(NCC2CCOCC2)c([N+](=O)[O-])c1)c1ccc(C2=CCC(N3CCCC3c3ccc(F)cc3C3CC3)CC2)cc1Oc1cnc2[nH]ccc2c1. The number of halogens is 1. The zero-order valence-electron chi connectivity index (χ0n) is 33.1. The number of likely N-dealkylation sites (tertiary alicyclic amines) is 1. The summed E-state index contributed by atoms with van der Waals surface area (Å²) in [6.07, 6.45) is 14.1. The van der Waals surface area contributed by atoms with Crippen LogP contribution < -0.4 is 14.8 Å². The van der Waals surface area contributed by atoms with Crippen LogP contribution in [0.4, 0.5) is 15.8 Å². The molecule has 3 aromatic carbocycles. The number of fused-ring (bicyclic) bond motifs is 1. The van der Waals surface area contributed by atoms with Gasteiger partial charge in [-0.15, -0.1) is 0 Å². The van der Waals surface area contributed by atoms with Gasteiger partial charge in [-0.05, 0) is 147 Å². The van der Waals surface area contributed by atoms with Crippen molar-refractivity contribution in [3.8, 4) is 11.5 Å². The Morgan fingerprint density at radius 3 is 2.63 bits per heavy atom. The van der Waals surface area contributed by atoms with E-state index in [0.29, 0.717) is 43.1 Å². The standard InChI is InChI=1S/C45H47FN6O7S/c46-33-8-13-37(39(24-33)30-3-4-30)41-2-1-19-51(41)34-9-5-29(6-10-34)31-7-12-38(43(23-31)59-35-22-32-15-18-47-44(32)49-27-35)45(53)50-60(56,57)36-11-14-40(42(25-36)52(54)55)48-26-28-16-20-58-21-17-28/h5,7-8,11-15,18,22-25,27-28,30,34,41,48H,1-4,6,9-10,16-17,19-21,26H2,(H,47,49)(H,50,53). The van der Waals surface area contributed by atoms with Gasteiger partial charge in [0, 0.05) is 49.5 Å². The molecule has 2 aliphatic heterocycles. The van der Waals surface area contributed by atoms with Crippen LogP contribution in [0.15, 0.2) is 90.1 Å². The smallest absolute Gasteiger partial charge is 0.293 e. The average Bonchev–Trinajstić information content (AvgIpc) is 3.80. The van der Waals surface area contributed by atoms with Crippen LogP contribution in [0.5, 0.6) is 11.5 Å². The van der Waals surface area contributed by atoms with Crippen molar-refractivity contribution in [2.45, 2.75) is 80.7 Å². The number of benzene rings is 3. The minimum absolute atomic E-state index is 0.0410. The van der Waals surface area contributed by atoms with Crippen LogP contribution in [0.2, 0.25) is 0 Å². The molecule has 15 heteroatoms. The molecule has 9 rings (SSSR count). The first-order chi connectivity index (χ1) is 29.1. The monoisotopic (exact) mass is 834 g/mol. The maximum absolute atomic E-state index is 14.3. The Morgan fingerprint density at radius 1 is 1.00 bits per heavy atom. The molecule has 1 saturated carbocycles. The maximum Gasteiger partial charge on any atom is 0.293 e. The number of pyridine rings is 1. The van der Waals surface area contributed by atoms with Crippen LogP contribution >= 0.6 is 0 Å². The number of carbonyl (C=O) groups excluding carboxylic acids is 1. The fourth-order valence-corrected chi connectivity index (χ4v) is 10.0. The van der Waals surface area contributed by atoms with Crippen LogP contribution in [-0.4, -0.2) is 66.5 Å². The number of hydrogen-bond acceptors (Lipinski definition) is 10. The number of nitrogens with zero attached hydrogens (tertiary/aromatic N) is 3. The van der Waals surface area contributed by atoms with Gasteiger partial charge in [-0.3, -0.25) is 19.8 Å². The second-order valence-electron chi connectivity index (χ2n) is 16.3. The molecule has 2 aromatic heterocycles. The summed E-state index contributed by atoms with van der Waals surface area (Å²) in [5, 5.41) is 15.9. The predicted molar refractivity (Wildman–Crippen MR) is 225 cm³/mol. The number of nitrogens with one attached hydrogen (secondary N) is 3. The van der Waals surface area contributed by atoms with Crippen molar-refractivity contribution in [3.63, 3.8) is 0 Å². The number of nitro benzene ring substituents is 1. The molecule has 13 nitrogen and oxygen atoms in total. The second-order valence-corrected chi connectivity index (χ2v) is 18.0. The van der Waals surface area contributed by atoms with Crippen molar-refractivity contribution in [3.05, 3.63) is 123 Å². The van der Waals surface area contributed by atoms with Gasteiger partial charge in [0.05, 0.1) is 21.6 Å². The highest BCUT2D eigenvalue weighted by molar-refractivity contribution is 7.90. The number of amides is 1. The molecule has 2 aliphatic carbocycles. The van der Waals surface area contributed by atoms with Gasteiger partial charge in [0.15, 0.2) is 0 Å². The highest BCUT2D eigenvalue weighted by atomic mass is 32.2. The van der Waals surface area contributed by atoms with Crippen LogP contribution in [0.3, 0.4) is 0 Å². The largest absolute Gasteiger partial charge is 0.455 e. The third-order valence-electron chi connectivity index (χ3n) is 12.4. The molecule has 0 spiro atoms.